The van der Waals surface area contributed by atoms with Crippen LogP contribution in [0.4, 0.5) is 0 Å². The van der Waals surface area contributed by atoms with Crippen molar-refractivity contribution < 1.29 is 13.2 Å². The first-order valence-corrected chi connectivity index (χ1v) is 8.53. The summed E-state index contributed by atoms with van der Waals surface area (Å²) in [5, 5.41) is 6.27. The lowest BCUT2D eigenvalue weighted by Crippen LogP contribution is -2.52. The SMILES string of the molecule is CC1(NC(=O)c2cccc(S(C)(=O)=O)c2)CCNCC1. The molecule has 1 fully saturated rings. The smallest absolute Gasteiger partial charge is 0.251 e. The summed E-state index contributed by atoms with van der Waals surface area (Å²) in [4.78, 5) is 12.4. The number of piperidine rings is 1. The fraction of sp³-hybridized carbons (Fsp3) is 0.500. The number of sulfone groups is 1. The lowest BCUT2D eigenvalue weighted by Gasteiger charge is -2.35. The molecule has 0 bridgehead atoms. The lowest BCUT2D eigenvalue weighted by atomic mass is 9.90. The van der Waals surface area contributed by atoms with E-state index in [0.717, 1.165) is 32.2 Å². The highest BCUT2D eigenvalue weighted by atomic mass is 32.2. The Kier molecular flexibility index (Phi) is 4.15. The molecule has 0 spiro atoms. The van der Waals surface area contributed by atoms with Crippen LogP contribution >= 0.6 is 0 Å². The lowest BCUT2D eigenvalue weighted by molar-refractivity contribution is 0.0887. The molecule has 5 nitrogen and oxygen atoms in total. The van der Waals surface area contributed by atoms with Gasteiger partial charge in [0, 0.05) is 17.4 Å². The predicted molar refractivity (Wildman–Crippen MR) is 77.5 cm³/mol. The van der Waals surface area contributed by atoms with Gasteiger partial charge >= 0.3 is 0 Å². The number of hydrogen-bond donors (Lipinski definition) is 2. The third-order valence-corrected chi connectivity index (χ3v) is 4.76. The van der Waals surface area contributed by atoms with E-state index in [-0.39, 0.29) is 16.3 Å². The van der Waals surface area contributed by atoms with Crippen molar-refractivity contribution >= 4 is 15.7 Å². The Bertz CT molecular complexity index is 605. The molecular weight excluding hydrogens is 276 g/mol. The molecule has 0 aromatic heterocycles. The monoisotopic (exact) mass is 296 g/mol. The second-order valence-corrected chi connectivity index (χ2v) is 7.58. The average molecular weight is 296 g/mol. The van der Waals surface area contributed by atoms with Crippen LogP contribution in [0.3, 0.4) is 0 Å². The first-order chi connectivity index (χ1) is 9.30. The molecule has 1 aliphatic rings. The zero-order valence-corrected chi connectivity index (χ0v) is 12.6. The Morgan fingerprint density at radius 1 is 1.30 bits per heavy atom. The van der Waals surface area contributed by atoms with Crippen molar-refractivity contribution in [2.24, 2.45) is 0 Å². The molecule has 1 saturated heterocycles. The maximum atomic E-state index is 12.3. The topological polar surface area (TPSA) is 75.3 Å². The Morgan fingerprint density at radius 2 is 1.95 bits per heavy atom. The van der Waals surface area contributed by atoms with E-state index in [1.165, 1.54) is 12.1 Å². The molecule has 0 atom stereocenters. The quantitative estimate of drug-likeness (QED) is 0.871. The second-order valence-electron chi connectivity index (χ2n) is 5.56. The molecule has 1 amide bonds. The minimum absolute atomic E-state index is 0.167. The van der Waals surface area contributed by atoms with E-state index in [1.807, 2.05) is 6.92 Å². The molecule has 2 rings (SSSR count). The van der Waals surface area contributed by atoms with Gasteiger partial charge in [-0.1, -0.05) is 6.07 Å². The van der Waals surface area contributed by atoms with E-state index in [1.54, 1.807) is 12.1 Å². The number of nitrogens with one attached hydrogen (secondary N) is 2. The van der Waals surface area contributed by atoms with Gasteiger partial charge in [-0.05, 0) is 51.1 Å². The molecular formula is C14H20N2O3S. The number of hydrogen-bond acceptors (Lipinski definition) is 4. The van der Waals surface area contributed by atoms with Crippen molar-refractivity contribution in [3.8, 4) is 0 Å². The molecule has 2 N–H and O–H groups in total. The van der Waals surface area contributed by atoms with Crippen molar-refractivity contribution in [1.82, 2.24) is 10.6 Å². The summed E-state index contributed by atoms with van der Waals surface area (Å²) in [5.74, 6) is -0.222. The third kappa shape index (κ3) is 3.58. The van der Waals surface area contributed by atoms with E-state index >= 15 is 0 Å². The fourth-order valence-electron chi connectivity index (χ4n) is 2.32. The van der Waals surface area contributed by atoms with Crippen LogP contribution in [-0.4, -0.2) is 39.2 Å². The minimum atomic E-state index is -3.30. The maximum absolute atomic E-state index is 12.3. The summed E-state index contributed by atoms with van der Waals surface area (Å²) < 4.78 is 23.0. The summed E-state index contributed by atoms with van der Waals surface area (Å²) in [6.07, 6.45) is 2.87. The highest BCUT2D eigenvalue weighted by Gasteiger charge is 2.28. The molecule has 0 aliphatic carbocycles. The van der Waals surface area contributed by atoms with Crippen LogP contribution in [0.5, 0.6) is 0 Å². The van der Waals surface area contributed by atoms with Gasteiger partial charge in [0.15, 0.2) is 9.84 Å². The van der Waals surface area contributed by atoms with E-state index in [9.17, 15) is 13.2 Å². The number of benzene rings is 1. The van der Waals surface area contributed by atoms with Gasteiger partial charge in [0.1, 0.15) is 0 Å². The Hall–Kier alpha value is -1.40. The van der Waals surface area contributed by atoms with Crippen LogP contribution in [0.15, 0.2) is 29.2 Å². The first-order valence-electron chi connectivity index (χ1n) is 6.64. The number of carbonyl (C=O) groups is 1. The van der Waals surface area contributed by atoms with Crippen LogP contribution in [0, 0.1) is 0 Å². The predicted octanol–water partition coefficient (Wildman–Crippen LogP) is 0.962. The minimum Gasteiger partial charge on any atom is -0.347 e. The van der Waals surface area contributed by atoms with Crippen LogP contribution in [-0.2, 0) is 9.84 Å². The molecule has 0 saturated carbocycles. The highest BCUT2D eigenvalue weighted by molar-refractivity contribution is 7.90. The van der Waals surface area contributed by atoms with Gasteiger partial charge in [0.05, 0.1) is 4.90 Å². The summed E-state index contributed by atoms with van der Waals surface area (Å²) in [6.45, 7) is 3.77. The Labute approximate surface area is 119 Å². The fourth-order valence-corrected chi connectivity index (χ4v) is 2.98. The third-order valence-electron chi connectivity index (χ3n) is 3.65. The molecule has 1 aliphatic heterocycles. The zero-order chi connectivity index (χ0) is 14.8. The van der Waals surface area contributed by atoms with Gasteiger partial charge in [-0.2, -0.15) is 0 Å². The molecule has 1 heterocycles. The second kappa shape index (κ2) is 5.54. The van der Waals surface area contributed by atoms with Gasteiger partial charge in [0.2, 0.25) is 0 Å². The largest absolute Gasteiger partial charge is 0.347 e. The molecule has 6 heteroatoms. The van der Waals surface area contributed by atoms with E-state index in [4.69, 9.17) is 0 Å². The van der Waals surface area contributed by atoms with E-state index in [0.29, 0.717) is 5.56 Å². The van der Waals surface area contributed by atoms with Crippen molar-refractivity contribution in [3.05, 3.63) is 29.8 Å². The highest BCUT2D eigenvalue weighted by Crippen LogP contribution is 2.19. The van der Waals surface area contributed by atoms with Gasteiger partial charge < -0.3 is 10.6 Å². The molecule has 1 aromatic rings. The molecule has 1 aromatic carbocycles. The van der Waals surface area contributed by atoms with Gasteiger partial charge in [-0.3, -0.25) is 4.79 Å². The maximum Gasteiger partial charge on any atom is 0.251 e. The Balaban J connectivity index is 2.17. The molecule has 0 radical (unpaired) electrons. The number of carbonyl (C=O) groups excluding carboxylic acids is 1. The summed E-state index contributed by atoms with van der Waals surface area (Å²) in [5.41, 5.74) is 0.149. The molecule has 20 heavy (non-hydrogen) atoms. The van der Waals surface area contributed by atoms with Gasteiger partial charge in [0.25, 0.3) is 5.91 Å². The molecule has 0 unspecified atom stereocenters. The Morgan fingerprint density at radius 3 is 2.55 bits per heavy atom. The standard InChI is InChI=1S/C14H20N2O3S/c1-14(6-8-15-9-7-14)16-13(17)11-4-3-5-12(10-11)20(2,18)19/h3-5,10,15H,6-9H2,1-2H3,(H,16,17). The van der Waals surface area contributed by atoms with Crippen LogP contribution in [0.25, 0.3) is 0 Å². The van der Waals surface area contributed by atoms with Gasteiger partial charge in [-0.25, -0.2) is 8.42 Å². The normalized spacial score (nSPS) is 18.5. The van der Waals surface area contributed by atoms with Crippen molar-refractivity contribution in [2.45, 2.75) is 30.2 Å². The van der Waals surface area contributed by atoms with Crippen LogP contribution in [0.2, 0.25) is 0 Å². The van der Waals surface area contributed by atoms with Crippen LogP contribution < -0.4 is 10.6 Å². The van der Waals surface area contributed by atoms with E-state index < -0.39 is 9.84 Å². The van der Waals surface area contributed by atoms with Crippen molar-refractivity contribution in [2.75, 3.05) is 19.3 Å². The first kappa shape index (κ1) is 15.0. The number of amides is 1. The van der Waals surface area contributed by atoms with Crippen LogP contribution in [0.1, 0.15) is 30.1 Å². The van der Waals surface area contributed by atoms with Crippen molar-refractivity contribution in [3.63, 3.8) is 0 Å². The summed E-state index contributed by atoms with van der Waals surface area (Å²) >= 11 is 0. The van der Waals surface area contributed by atoms with E-state index in [2.05, 4.69) is 10.6 Å². The van der Waals surface area contributed by atoms with Crippen molar-refractivity contribution in [1.29, 1.82) is 0 Å². The summed E-state index contributed by atoms with van der Waals surface area (Å²) in [6, 6.07) is 6.15. The molecule has 110 valence electrons. The summed E-state index contributed by atoms with van der Waals surface area (Å²) in [7, 11) is -3.30. The average Bonchev–Trinajstić information content (AvgIpc) is 2.38. The number of rotatable bonds is 3. The zero-order valence-electron chi connectivity index (χ0n) is 11.8. The van der Waals surface area contributed by atoms with Gasteiger partial charge in [-0.15, -0.1) is 0 Å².